The number of hydrogen-bond acceptors (Lipinski definition) is 5. The van der Waals surface area contributed by atoms with Crippen LogP contribution < -0.4 is 10.4 Å². The lowest BCUT2D eigenvalue weighted by Gasteiger charge is -2.09. The van der Waals surface area contributed by atoms with Crippen molar-refractivity contribution in [3.05, 3.63) is 39.7 Å². The van der Waals surface area contributed by atoms with Gasteiger partial charge in [-0.05, 0) is 43.4 Å². The third-order valence-corrected chi connectivity index (χ3v) is 4.56. The van der Waals surface area contributed by atoms with Gasteiger partial charge in [-0.2, -0.15) is 0 Å². The van der Waals surface area contributed by atoms with Crippen LogP contribution in [0.3, 0.4) is 0 Å². The van der Waals surface area contributed by atoms with Crippen molar-refractivity contribution in [2.24, 2.45) is 0 Å². The van der Waals surface area contributed by atoms with E-state index in [-0.39, 0.29) is 18.2 Å². The molecule has 0 unspecified atom stereocenters. The predicted octanol–water partition coefficient (Wildman–Crippen LogP) is 3.78. The van der Waals surface area contributed by atoms with Gasteiger partial charge >= 0.3 is 11.6 Å². The Kier molecular flexibility index (Phi) is 5.74. The second kappa shape index (κ2) is 8.19. The van der Waals surface area contributed by atoms with Crippen LogP contribution in [0.1, 0.15) is 50.2 Å². The second-order valence-corrected chi connectivity index (χ2v) is 6.43. The molecule has 1 aliphatic carbocycles. The maximum Gasteiger partial charge on any atom is 0.344 e. The van der Waals surface area contributed by atoms with Crippen molar-refractivity contribution in [2.45, 2.75) is 51.9 Å². The molecule has 134 valence electrons. The van der Waals surface area contributed by atoms with Crippen LogP contribution in [0.15, 0.2) is 27.4 Å². The predicted molar refractivity (Wildman–Crippen MR) is 95.1 cm³/mol. The van der Waals surface area contributed by atoms with Gasteiger partial charge in [0.1, 0.15) is 11.3 Å². The van der Waals surface area contributed by atoms with E-state index in [1.807, 2.05) is 6.07 Å². The molecule has 2 aromatic rings. The Labute approximate surface area is 146 Å². The summed E-state index contributed by atoms with van der Waals surface area (Å²) < 4.78 is 16.0. The normalized spacial score (nSPS) is 13.0. The highest BCUT2D eigenvalue weighted by Crippen LogP contribution is 2.29. The van der Waals surface area contributed by atoms with Crippen LogP contribution in [0, 0.1) is 0 Å². The fourth-order valence-corrected chi connectivity index (χ4v) is 3.25. The van der Waals surface area contributed by atoms with Crippen molar-refractivity contribution < 1.29 is 18.7 Å². The standard InChI is InChI=1S/C20H24O5/c1-2-3-4-5-11-23-19(21)13-24-14-9-10-16-15-7-6-8-17(15)20(22)25-18(16)12-14/h9-10,12H,2-8,11,13H2,1H3. The summed E-state index contributed by atoms with van der Waals surface area (Å²) in [6.07, 6.45) is 6.93. The molecule has 0 bridgehead atoms. The molecular weight excluding hydrogens is 320 g/mol. The van der Waals surface area contributed by atoms with Crippen LogP contribution in [0.4, 0.5) is 0 Å². The van der Waals surface area contributed by atoms with E-state index >= 15 is 0 Å². The number of rotatable bonds is 8. The van der Waals surface area contributed by atoms with Gasteiger partial charge in [0.15, 0.2) is 6.61 Å². The molecule has 0 spiro atoms. The Hall–Kier alpha value is -2.30. The highest BCUT2D eigenvalue weighted by molar-refractivity contribution is 5.83. The largest absolute Gasteiger partial charge is 0.482 e. The Morgan fingerprint density at radius 3 is 2.84 bits per heavy atom. The van der Waals surface area contributed by atoms with E-state index in [0.717, 1.165) is 61.5 Å². The first-order valence-electron chi connectivity index (χ1n) is 9.06. The number of ether oxygens (including phenoxy) is 2. The SMILES string of the molecule is CCCCCCOC(=O)COc1ccc2c3c(c(=O)oc2c1)CCC3. The van der Waals surface area contributed by atoms with E-state index in [0.29, 0.717) is 17.9 Å². The number of esters is 1. The van der Waals surface area contributed by atoms with E-state index in [1.165, 1.54) is 0 Å². The van der Waals surface area contributed by atoms with Crippen molar-refractivity contribution in [3.8, 4) is 5.75 Å². The van der Waals surface area contributed by atoms with Gasteiger partial charge in [0.25, 0.3) is 0 Å². The number of carbonyl (C=O) groups is 1. The maximum atomic E-state index is 12.0. The fourth-order valence-electron chi connectivity index (χ4n) is 3.25. The maximum absolute atomic E-state index is 12.0. The minimum Gasteiger partial charge on any atom is -0.482 e. The third-order valence-electron chi connectivity index (χ3n) is 4.56. The van der Waals surface area contributed by atoms with E-state index in [2.05, 4.69) is 6.92 Å². The Bertz CT molecular complexity index is 806. The average Bonchev–Trinajstić information content (AvgIpc) is 3.10. The van der Waals surface area contributed by atoms with Crippen molar-refractivity contribution in [1.29, 1.82) is 0 Å². The van der Waals surface area contributed by atoms with Gasteiger partial charge in [-0.1, -0.05) is 26.2 Å². The number of benzene rings is 1. The van der Waals surface area contributed by atoms with E-state index < -0.39 is 0 Å². The minimum absolute atomic E-state index is 0.144. The number of hydrogen-bond donors (Lipinski definition) is 0. The summed E-state index contributed by atoms with van der Waals surface area (Å²) in [5, 5.41) is 0.956. The third kappa shape index (κ3) is 4.21. The number of fused-ring (bicyclic) bond motifs is 3. The topological polar surface area (TPSA) is 65.7 Å². The summed E-state index contributed by atoms with van der Waals surface area (Å²) in [5.41, 5.74) is 2.14. The highest BCUT2D eigenvalue weighted by Gasteiger charge is 2.19. The molecule has 1 aliphatic rings. The number of aryl methyl sites for hydroxylation is 1. The minimum atomic E-state index is -0.382. The van der Waals surface area contributed by atoms with Crippen LogP contribution >= 0.6 is 0 Å². The van der Waals surface area contributed by atoms with E-state index in [9.17, 15) is 9.59 Å². The monoisotopic (exact) mass is 344 g/mol. The molecule has 0 atom stereocenters. The first-order chi connectivity index (χ1) is 12.2. The molecule has 5 heteroatoms. The zero-order valence-electron chi connectivity index (χ0n) is 14.6. The zero-order chi connectivity index (χ0) is 17.6. The van der Waals surface area contributed by atoms with Crippen molar-refractivity contribution >= 4 is 16.9 Å². The van der Waals surface area contributed by atoms with Gasteiger partial charge in [0.2, 0.25) is 0 Å². The van der Waals surface area contributed by atoms with Crippen molar-refractivity contribution in [2.75, 3.05) is 13.2 Å². The smallest absolute Gasteiger partial charge is 0.344 e. The summed E-state index contributed by atoms with van der Waals surface area (Å²) in [6, 6.07) is 5.37. The molecule has 1 aromatic carbocycles. The molecule has 1 aromatic heterocycles. The lowest BCUT2D eigenvalue weighted by Crippen LogP contribution is -2.15. The Morgan fingerprint density at radius 2 is 2.00 bits per heavy atom. The van der Waals surface area contributed by atoms with Gasteiger partial charge in [-0.15, -0.1) is 0 Å². The zero-order valence-corrected chi connectivity index (χ0v) is 14.6. The van der Waals surface area contributed by atoms with Gasteiger partial charge < -0.3 is 13.9 Å². The van der Waals surface area contributed by atoms with Crippen LogP contribution in [0.2, 0.25) is 0 Å². The number of unbranched alkanes of at least 4 members (excludes halogenated alkanes) is 3. The summed E-state index contributed by atoms with van der Waals surface area (Å²) in [5.74, 6) is 0.114. The molecule has 0 N–H and O–H groups in total. The van der Waals surface area contributed by atoms with Crippen LogP contribution in [0.5, 0.6) is 5.75 Å². The molecule has 25 heavy (non-hydrogen) atoms. The first kappa shape index (κ1) is 17.5. The Balaban J connectivity index is 1.58. The van der Waals surface area contributed by atoms with Crippen LogP contribution in [-0.4, -0.2) is 19.2 Å². The fraction of sp³-hybridized carbons (Fsp3) is 0.500. The van der Waals surface area contributed by atoms with Crippen LogP contribution in [0.25, 0.3) is 11.0 Å². The molecule has 3 rings (SSSR count). The van der Waals surface area contributed by atoms with Crippen molar-refractivity contribution in [3.63, 3.8) is 0 Å². The van der Waals surface area contributed by atoms with Gasteiger partial charge in [-0.25, -0.2) is 9.59 Å². The molecule has 0 saturated heterocycles. The van der Waals surface area contributed by atoms with Gasteiger partial charge in [-0.3, -0.25) is 0 Å². The summed E-state index contributed by atoms with van der Waals surface area (Å²) in [4.78, 5) is 23.7. The molecule has 0 aliphatic heterocycles. The quantitative estimate of drug-likeness (QED) is 0.414. The summed E-state index contributed by atoms with van der Waals surface area (Å²) in [6.45, 7) is 2.43. The summed E-state index contributed by atoms with van der Waals surface area (Å²) >= 11 is 0. The summed E-state index contributed by atoms with van der Waals surface area (Å²) in [7, 11) is 0. The van der Waals surface area contributed by atoms with E-state index in [1.54, 1.807) is 12.1 Å². The first-order valence-corrected chi connectivity index (χ1v) is 9.06. The van der Waals surface area contributed by atoms with Gasteiger partial charge in [0.05, 0.1) is 6.61 Å². The number of carbonyl (C=O) groups excluding carboxylic acids is 1. The molecule has 5 nitrogen and oxygen atoms in total. The average molecular weight is 344 g/mol. The molecule has 0 radical (unpaired) electrons. The lowest BCUT2D eigenvalue weighted by atomic mass is 10.1. The molecular formula is C20H24O5. The molecule has 0 saturated carbocycles. The lowest BCUT2D eigenvalue weighted by molar-refractivity contribution is -0.146. The Morgan fingerprint density at radius 1 is 1.16 bits per heavy atom. The molecule has 0 fully saturated rings. The second-order valence-electron chi connectivity index (χ2n) is 6.43. The highest BCUT2D eigenvalue weighted by atomic mass is 16.6. The molecule has 0 amide bonds. The molecule has 1 heterocycles. The van der Waals surface area contributed by atoms with Crippen molar-refractivity contribution in [1.82, 2.24) is 0 Å². The van der Waals surface area contributed by atoms with Crippen LogP contribution in [-0.2, 0) is 22.4 Å². The van der Waals surface area contributed by atoms with Gasteiger partial charge in [0, 0.05) is 17.0 Å². The van der Waals surface area contributed by atoms with E-state index in [4.69, 9.17) is 13.9 Å².